The molecule has 3 nitrogen and oxygen atoms in total. The van der Waals surface area contributed by atoms with Gasteiger partial charge in [0.15, 0.2) is 0 Å². The molecule has 0 aliphatic carbocycles. The molecule has 2 rings (SSSR count). The van der Waals surface area contributed by atoms with Crippen LogP contribution in [0.15, 0.2) is 24.3 Å². The molecule has 1 aromatic rings. The molecule has 0 spiro atoms. The van der Waals surface area contributed by atoms with Crippen molar-refractivity contribution in [2.75, 3.05) is 19.6 Å². The highest BCUT2D eigenvalue weighted by Crippen LogP contribution is 2.23. The molecule has 1 aromatic carbocycles. The summed E-state index contributed by atoms with van der Waals surface area (Å²) >= 11 is 0. The molecule has 3 heteroatoms. The van der Waals surface area contributed by atoms with Crippen LogP contribution in [0.5, 0.6) is 0 Å². The van der Waals surface area contributed by atoms with Crippen molar-refractivity contribution >= 4 is 0 Å². The summed E-state index contributed by atoms with van der Waals surface area (Å²) in [5, 5.41) is 10.3. The number of aryl methyl sites for hydroxylation is 1. The molecule has 2 unspecified atom stereocenters. The Morgan fingerprint density at radius 1 is 1.35 bits per heavy atom. The van der Waals surface area contributed by atoms with Crippen molar-refractivity contribution < 1.29 is 9.84 Å². The molecule has 1 N–H and O–H groups in total. The van der Waals surface area contributed by atoms with Gasteiger partial charge in [0.2, 0.25) is 0 Å². The Morgan fingerprint density at radius 2 is 2.00 bits per heavy atom. The van der Waals surface area contributed by atoms with Gasteiger partial charge in [-0.2, -0.15) is 0 Å². The zero-order valence-electron chi connectivity index (χ0n) is 13.1. The van der Waals surface area contributed by atoms with Crippen molar-refractivity contribution in [3.63, 3.8) is 0 Å². The normalized spacial score (nSPS) is 24.6. The average molecular weight is 277 g/mol. The second-order valence-electron chi connectivity index (χ2n) is 6.64. The smallest absolute Gasteiger partial charge is 0.0802 e. The van der Waals surface area contributed by atoms with Crippen molar-refractivity contribution in [1.82, 2.24) is 4.90 Å². The zero-order valence-corrected chi connectivity index (χ0v) is 13.1. The van der Waals surface area contributed by atoms with E-state index in [0.29, 0.717) is 0 Å². The Kier molecular flexibility index (Phi) is 4.84. The van der Waals surface area contributed by atoms with Gasteiger partial charge in [-0.05, 0) is 39.7 Å². The number of morpholine rings is 1. The fourth-order valence-corrected chi connectivity index (χ4v) is 3.02. The van der Waals surface area contributed by atoms with Crippen LogP contribution in [0.25, 0.3) is 0 Å². The number of hydrogen-bond acceptors (Lipinski definition) is 3. The lowest BCUT2D eigenvalue weighted by molar-refractivity contribution is -0.130. The first-order valence-corrected chi connectivity index (χ1v) is 7.50. The van der Waals surface area contributed by atoms with E-state index < -0.39 is 0 Å². The van der Waals surface area contributed by atoms with Crippen LogP contribution in [-0.4, -0.2) is 41.3 Å². The van der Waals surface area contributed by atoms with E-state index in [1.807, 2.05) is 12.1 Å². The van der Waals surface area contributed by atoms with Gasteiger partial charge in [-0.15, -0.1) is 0 Å². The lowest BCUT2D eigenvalue weighted by Gasteiger charge is -2.42. The summed E-state index contributed by atoms with van der Waals surface area (Å²) in [5.41, 5.74) is 2.15. The van der Waals surface area contributed by atoms with Crippen molar-refractivity contribution in [2.45, 2.75) is 51.9 Å². The minimum absolute atomic E-state index is 0.0908. The predicted octanol–water partition coefficient (Wildman–Crippen LogP) is 2.92. The van der Waals surface area contributed by atoms with E-state index in [9.17, 15) is 5.11 Å². The molecular weight excluding hydrogens is 250 g/mol. The number of aliphatic hydroxyl groups is 1. The van der Waals surface area contributed by atoms with Crippen molar-refractivity contribution in [3.8, 4) is 0 Å². The molecule has 0 radical (unpaired) electrons. The quantitative estimate of drug-likeness (QED) is 0.918. The molecule has 1 aliphatic rings. The van der Waals surface area contributed by atoms with E-state index >= 15 is 0 Å². The summed E-state index contributed by atoms with van der Waals surface area (Å²) in [7, 11) is 0. The molecule has 112 valence electrons. The number of hydrogen-bond donors (Lipinski definition) is 1. The summed E-state index contributed by atoms with van der Waals surface area (Å²) in [6.07, 6.45) is 0.651. The van der Waals surface area contributed by atoms with Gasteiger partial charge in [-0.1, -0.05) is 29.8 Å². The topological polar surface area (TPSA) is 32.7 Å². The van der Waals surface area contributed by atoms with Crippen molar-refractivity contribution in [3.05, 3.63) is 35.4 Å². The average Bonchev–Trinajstić information content (AvgIpc) is 2.34. The lowest BCUT2D eigenvalue weighted by atomic mass is 10.0. The van der Waals surface area contributed by atoms with E-state index in [0.717, 1.165) is 31.6 Å². The summed E-state index contributed by atoms with van der Waals surface area (Å²) in [4.78, 5) is 2.39. The number of benzene rings is 1. The van der Waals surface area contributed by atoms with Crippen LogP contribution in [-0.2, 0) is 4.74 Å². The second kappa shape index (κ2) is 6.25. The number of ether oxygens (including phenoxy) is 1. The fourth-order valence-electron chi connectivity index (χ4n) is 3.02. The molecule has 1 heterocycles. The maximum atomic E-state index is 10.3. The first-order chi connectivity index (χ1) is 9.35. The number of rotatable bonds is 4. The van der Waals surface area contributed by atoms with E-state index in [2.05, 4.69) is 44.7 Å². The highest BCUT2D eigenvalue weighted by atomic mass is 16.5. The molecule has 20 heavy (non-hydrogen) atoms. The van der Waals surface area contributed by atoms with E-state index in [1.54, 1.807) is 0 Å². The van der Waals surface area contributed by atoms with Crippen LogP contribution >= 0.6 is 0 Å². The first kappa shape index (κ1) is 15.5. The summed E-state index contributed by atoms with van der Waals surface area (Å²) < 4.78 is 5.90. The zero-order chi connectivity index (χ0) is 14.8. The van der Waals surface area contributed by atoms with Crippen molar-refractivity contribution in [1.29, 1.82) is 0 Å². The third-order valence-corrected chi connectivity index (χ3v) is 3.82. The molecule has 1 saturated heterocycles. The molecule has 0 aromatic heterocycles. The number of aliphatic hydroxyl groups excluding tert-OH is 1. The largest absolute Gasteiger partial charge is 0.388 e. The maximum Gasteiger partial charge on any atom is 0.0802 e. The molecule has 1 fully saturated rings. The minimum Gasteiger partial charge on any atom is -0.388 e. The second-order valence-corrected chi connectivity index (χ2v) is 6.64. The first-order valence-electron chi connectivity index (χ1n) is 7.50. The van der Waals surface area contributed by atoms with Crippen LogP contribution in [0.2, 0.25) is 0 Å². The molecule has 0 bridgehead atoms. The van der Waals surface area contributed by atoms with Crippen LogP contribution < -0.4 is 0 Å². The van der Waals surface area contributed by atoms with Gasteiger partial charge in [0.1, 0.15) is 0 Å². The van der Waals surface area contributed by atoms with Gasteiger partial charge in [-0.3, -0.25) is 4.90 Å². The Labute approximate surface area is 122 Å². The van der Waals surface area contributed by atoms with Gasteiger partial charge < -0.3 is 9.84 Å². The van der Waals surface area contributed by atoms with Gasteiger partial charge in [-0.25, -0.2) is 0 Å². The highest BCUT2D eigenvalue weighted by molar-refractivity contribution is 5.23. The van der Waals surface area contributed by atoms with Gasteiger partial charge in [0, 0.05) is 19.6 Å². The van der Waals surface area contributed by atoms with Crippen LogP contribution in [0.3, 0.4) is 0 Å². The Balaban J connectivity index is 1.86. The maximum absolute atomic E-state index is 10.3. The van der Waals surface area contributed by atoms with Gasteiger partial charge in [0.05, 0.1) is 17.8 Å². The van der Waals surface area contributed by atoms with E-state index in [1.165, 1.54) is 5.56 Å². The molecule has 0 amide bonds. The summed E-state index contributed by atoms with van der Waals surface area (Å²) in [6, 6.07) is 8.15. The predicted molar refractivity (Wildman–Crippen MR) is 81.8 cm³/mol. The lowest BCUT2D eigenvalue weighted by Crippen LogP contribution is -2.52. The Morgan fingerprint density at radius 3 is 2.60 bits per heavy atom. The Hall–Kier alpha value is -0.900. The SMILES string of the molecule is Cc1ccc(C(O)CCN2CC(C)OC(C)(C)C2)cc1. The van der Waals surface area contributed by atoms with Crippen molar-refractivity contribution in [2.24, 2.45) is 0 Å². The molecule has 2 atom stereocenters. The fraction of sp³-hybridized carbons (Fsp3) is 0.647. The monoisotopic (exact) mass is 277 g/mol. The van der Waals surface area contributed by atoms with Gasteiger partial charge >= 0.3 is 0 Å². The Bertz CT molecular complexity index is 427. The van der Waals surface area contributed by atoms with E-state index in [4.69, 9.17) is 4.74 Å². The standard InChI is InChI=1S/C17H27NO2/c1-13-5-7-15(8-6-13)16(19)9-10-18-11-14(2)20-17(3,4)12-18/h5-8,14,16,19H,9-12H2,1-4H3. The molecule has 0 saturated carbocycles. The molecular formula is C17H27NO2. The minimum atomic E-state index is -0.378. The third kappa shape index (κ3) is 4.30. The third-order valence-electron chi connectivity index (χ3n) is 3.82. The summed E-state index contributed by atoms with van der Waals surface area (Å²) in [6.45, 7) is 11.2. The summed E-state index contributed by atoms with van der Waals surface area (Å²) in [5.74, 6) is 0. The van der Waals surface area contributed by atoms with Crippen LogP contribution in [0.4, 0.5) is 0 Å². The molecule has 1 aliphatic heterocycles. The number of nitrogens with zero attached hydrogens (tertiary/aromatic N) is 1. The van der Waals surface area contributed by atoms with Crippen LogP contribution in [0, 0.1) is 6.92 Å². The highest BCUT2D eigenvalue weighted by Gasteiger charge is 2.31. The van der Waals surface area contributed by atoms with E-state index in [-0.39, 0.29) is 17.8 Å². The van der Waals surface area contributed by atoms with Crippen LogP contribution in [0.1, 0.15) is 44.4 Å². The van der Waals surface area contributed by atoms with Gasteiger partial charge in [0.25, 0.3) is 0 Å².